The highest BCUT2D eigenvalue weighted by Crippen LogP contribution is 2.22. The molecule has 3 aromatic rings. The lowest BCUT2D eigenvalue weighted by atomic mass is 10.1. The molecule has 1 amide bonds. The number of carbonyl (C=O) groups is 1. The van der Waals surface area contributed by atoms with E-state index in [0.29, 0.717) is 28.4 Å². The van der Waals surface area contributed by atoms with E-state index in [0.717, 1.165) is 4.57 Å². The minimum absolute atomic E-state index is 0.0959. The number of nitrogens with zero attached hydrogens (tertiary/aromatic N) is 2. The molecule has 158 valence electrons. The number of fused-ring (bicyclic) bond motifs is 1. The summed E-state index contributed by atoms with van der Waals surface area (Å²) in [5.74, 6) is 0.206. The first-order valence-electron chi connectivity index (χ1n) is 9.70. The number of halogens is 1. The van der Waals surface area contributed by atoms with Gasteiger partial charge in [0.2, 0.25) is 5.91 Å². The van der Waals surface area contributed by atoms with Gasteiger partial charge in [0.05, 0.1) is 23.7 Å². The standard InChI is InChI=1S/C22H24ClN3O4/c1-5-18(20(27)24-13(2)3)26-19-11-14(23)9-10-17(19)21(28)25(22(26)29)15-7-6-8-16(12-15)30-4/h6-13,18H,5H2,1-4H3,(H,24,27)/t18-/m0/s1. The third-order valence-corrected chi connectivity index (χ3v) is 5.03. The summed E-state index contributed by atoms with van der Waals surface area (Å²) >= 11 is 6.16. The van der Waals surface area contributed by atoms with Crippen LogP contribution in [0, 0.1) is 0 Å². The number of hydrogen-bond donors (Lipinski definition) is 1. The molecule has 0 fully saturated rings. The van der Waals surface area contributed by atoms with Crippen LogP contribution >= 0.6 is 11.6 Å². The molecule has 2 aromatic carbocycles. The van der Waals surface area contributed by atoms with Crippen molar-refractivity contribution < 1.29 is 9.53 Å². The zero-order valence-corrected chi connectivity index (χ0v) is 18.1. The Bertz CT molecular complexity index is 1210. The van der Waals surface area contributed by atoms with E-state index in [9.17, 15) is 14.4 Å². The zero-order chi connectivity index (χ0) is 22.0. The second kappa shape index (κ2) is 8.75. The number of ether oxygens (including phenoxy) is 1. The molecule has 30 heavy (non-hydrogen) atoms. The van der Waals surface area contributed by atoms with E-state index in [1.54, 1.807) is 42.5 Å². The molecule has 1 aromatic heterocycles. The van der Waals surface area contributed by atoms with Crippen molar-refractivity contribution in [2.24, 2.45) is 0 Å². The molecule has 0 aliphatic carbocycles. The Morgan fingerprint density at radius 3 is 2.53 bits per heavy atom. The average Bonchev–Trinajstić information content (AvgIpc) is 2.70. The lowest BCUT2D eigenvalue weighted by Crippen LogP contribution is -2.45. The van der Waals surface area contributed by atoms with Gasteiger partial charge in [0, 0.05) is 17.1 Å². The topological polar surface area (TPSA) is 82.3 Å². The lowest BCUT2D eigenvalue weighted by molar-refractivity contribution is -0.124. The number of hydrogen-bond acceptors (Lipinski definition) is 4. The first-order chi connectivity index (χ1) is 14.3. The van der Waals surface area contributed by atoms with Gasteiger partial charge in [0.15, 0.2) is 0 Å². The molecule has 0 saturated heterocycles. The van der Waals surface area contributed by atoms with E-state index in [4.69, 9.17) is 16.3 Å². The van der Waals surface area contributed by atoms with Gasteiger partial charge < -0.3 is 10.1 Å². The molecule has 8 heteroatoms. The number of rotatable bonds is 6. The summed E-state index contributed by atoms with van der Waals surface area (Å²) in [6.45, 7) is 5.51. The predicted molar refractivity (Wildman–Crippen MR) is 118 cm³/mol. The van der Waals surface area contributed by atoms with Gasteiger partial charge in [0.25, 0.3) is 5.56 Å². The molecule has 0 aliphatic heterocycles. The van der Waals surface area contributed by atoms with Crippen molar-refractivity contribution in [2.75, 3.05) is 7.11 Å². The van der Waals surface area contributed by atoms with Crippen molar-refractivity contribution in [1.29, 1.82) is 0 Å². The van der Waals surface area contributed by atoms with Crippen LogP contribution in [0.4, 0.5) is 0 Å². The minimum Gasteiger partial charge on any atom is -0.497 e. The summed E-state index contributed by atoms with van der Waals surface area (Å²) in [6.07, 6.45) is 0.358. The third-order valence-electron chi connectivity index (χ3n) is 4.79. The first kappa shape index (κ1) is 21.6. The molecule has 0 unspecified atom stereocenters. The van der Waals surface area contributed by atoms with Gasteiger partial charge in [0.1, 0.15) is 11.8 Å². The van der Waals surface area contributed by atoms with E-state index < -0.39 is 17.3 Å². The van der Waals surface area contributed by atoms with Crippen LogP contribution in [0.25, 0.3) is 16.6 Å². The van der Waals surface area contributed by atoms with E-state index >= 15 is 0 Å². The van der Waals surface area contributed by atoms with Crippen molar-refractivity contribution in [3.8, 4) is 11.4 Å². The zero-order valence-electron chi connectivity index (χ0n) is 17.3. The Morgan fingerprint density at radius 1 is 1.17 bits per heavy atom. The summed E-state index contributed by atoms with van der Waals surface area (Å²) in [6, 6.07) is 10.5. The molecule has 0 radical (unpaired) electrons. The summed E-state index contributed by atoms with van der Waals surface area (Å²) in [4.78, 5) is 39.7. The predicted octanol–water partition coefficient (Wildman–Crippen LogP) is 3.29. The smallest absolute Gasteiger partial charge is 0.336 e. The number of aromatic nitrogens is 2. The van der Waals surface area contributed by atoms with Crippen LogP contribution in [-0.2, 0) is 4.79 Å². The van der Waals surface area contributed by atoms with Gasteiger partial charge in [-0.3, -0.25) is 14.2 Å². The minimum atomic E-state index is -0.807. The van der Waals surface area contributed by atoms with Crippen LogP contribution < -0.4 is 21.3 Å². The van der Waals surface area contributed by atoms with Crippen molar-refractivity contribution in [1.82, 2.24) is 14.5 Å². The second-order valence-electron chi connectivity index (χ2n) is 7.24. The van der Waals surface area contributed by atoms with E-state index in [1.165, 1.54) is 11.7 Å². The van der Waals surface area contributed by atoms with Crippen LogP contribution in [0.15, 0.2) is 52.1 Å². The maximum Gasteiger partial charge on any atom is 0.336 e. The van der Waals surface area contributed by atoms with Gasteiger partial charge in [-0.1, -0.05) is 24.6 Å². The van der Waals surface area contributed by atoms with Crippen LogP contribution in [0.3, 0.4) is 0 Å². The van der Waals surface area contributed by atoms with Crippen LogP contribution in [0.5, 0.6) is 5.75 Å². The molecular weight excluding hydrogens is 406 g/mol. The molecule has 3 rings (SSSR count). The molecule has 1 atom stereocenters. The summed E-state index contributed by atoms with van der Waals surface area (Å²) in [7, 11) is 1.51. The van der Waals surface area contributed by atoms with E-state index in [1.807, 2.05) is 20.8 Å². The van der Waals surface area contributed by atoms with Crippen molar-refractivity contribution in [3.05, 3.63) is 68.3 Å². The fourth-order valence-corrected chi connectivity index (χ4v) is 3.61. The second-order valence-corrected chi connectivity index (χ2v) is 7.68. The van der Waals surface area contributed by atoms with Gasteiger partial charge in [-0.2, -0.15) is 0 Å². The lowest BCUT2D eigenvalue weighted by Gasteiger charge is -2.22. The monoisotopic (exact) mass is 429 g/mol. The third kappa shape index (κ3) is 3.98. The Hall–Kier alpha value is -3.06. The number of methoxy groups -OCH3 is 1. The summed E-state index contributed by atoms with van der Waals surface area (Å²) in [5, 5.41) is 3.51. The molecule has 1 heterocycles. The van der Waals surface area contributed by atoms with E-state index in [2.05, 4.69) is 5.32 Å². The maximum absolute atomic E-state index is 13.6. The highest BCUT2D eigenvalue weighted by molar-refractivity contribution is 6.31. The van der Waals surface area contributed by atoms with E-state index in [-0.39, 0.29) is 17.3 Å². The Morgan fingerprint density at radius 2 is 1.90 bits per heavy atom. The van der Waals surface area contributed by atoms with Crippen molar-refractivity contribution in [2.45, 2.75) is 39.3 Å². The quantitative estimate of drug-likeness (QED) is 0.651. The van der Waals surface area contributed by atoms with Crippen LogP contribution in [0.1, 0.15) is 33.2 Å². The number of benzene rings is 2. The Labute approximate surface area is 178 Å². The van der Waals surface area contributed by atoms with Crippen molar-refractivity contribution >= 4 is 28.4 Å². The van der Waals surface area contributed by atoms with Gasteiger partial charge in [-0.25, -0.2) is 9.36 Å². The Kier molecular flexibility index (Phi) is 6.31. The number of amides is 1. The van der Waals surface area contributed by atoms with Crippen molar-refractivity contribution in [3.63, 3.8) is 0 Å². The molecular formula is C22H24ClN3O4. The molecule has 0 spiro atoms. The first-order valence-corrected chi connectivity index (χ1v) is 10.1. The average molecular weight is 430 g/mol. The fraction of sp³-hybridized carbons (Fsp3) is 0.318. The molecule has 0 aliphatic rings. The Balaban J connectivity index is 2.40. The SMILES string of the molecule is CC[C@@H](C(=O)NC(C)C)n1c(=O)n(-c2cccc(OC)c2)c(=O)c2ccc(Cl)cc21. The largest absolute Gasteiger partial charge is 0.497 e. The van der Waals surface area contributed by atoms with Crippen LogP contribution in [-0.4, -0.2) is 28.2 Å². The maximum atomic E-state index is 13.6. The highest BCUT2D eigenvalue weighted by Gasteiger charge is 2.25. The molecule has 0 saturated carbocycles. The fourth-order valence-electron chi connectivity index (χ4n) is 3.45. The van der Waals surface area contributed by atoms with Gasteiger partial charge in [-0.05, 0) is 50.6 Å². The summed E-state index contributed by atoms with van der Waals surface area (Å²) in [5.41, 5.74) is -0.430. The molecule has 7 nitrogen and oxygen atoms in total. The van der Waals surface area contributed by atoms with Gasteiger partial charge in [-0.15, -0.1) is 0 Å². The van der Waals surface area contributed by atoms with Gasteiger partial charge >= 0.3 is 5.69 Å². The normalized spacial score (nSPS) is 12.2. The summed E-state index contributed by atoms with van der Waals surface area (Å²) < 4.78 is 7.64. The molecule has 1 N–H and O–H groups in total. The van der Waals surface area contributed by atoms with Crippen LogP contribution in [0.2, 0.25) is 5.02 Å². The highest BCUT2D eigenvalue weighted by atomic mass is 35.5. The number of carbonyl (C=O) groups excluding carboxylic acids is 1. The number of nitrogens with one attached hydrogen (secondary N) is 1. The molecule has 0 bridgehead atoms.